The van der Waals surface area contributed by atoms with Gasteiger partial charge in [-0.3, -0.25) is 14.4 Å². The summed E-state index contributed by atoms with van der Waals surface area (Å²) >= 11 is 0. The zero-order valence-corrected chi connectivity index (χ0v) is 16.6. The van der Waals surface area contributed by atoms with E-state index in [0.717, 1.165) is 0 Å². The molecule has 0 aliphatic heterocycles. The summed E-state index contributed by atoms with van der Waals surface area (Å²) in [6.45, 7) is 5.86. The van der Waals surface area contributed by atoms with Crippen molar-refractivity contribution in [3.05, 3.63) is 29.8 Å². The van der Waals surface area contributed by atoms with Crippen molar-refractivity contribution in [2.24, 2.45) is 17.8 Å². The number of carbonyl (C=O) groups excluding carboxylic acids is 3. The summed E-state index contributed by atoms with van der Waals surface area (Å²) in [5.41, 5.74) is 0.214. The quantitative estimate of drug-likeness (QED) is 0.579. The normalized spacial score (nSPS) is 22.6. The molecule has 0 heterocycles. The molecular formula is C21H28O6. The fourth-order valence-electron chi connectivity index (χ4n) is 3.53. The molecule has 0 N–H and O–H groups in total. The minimum Gasteiger partial charge on any atom is -0.488 e. The van der Waals surface area contributed by atoms with Gasteiger partial charge in [-0.25, -0.2) is 0 Å². The number of Topliss-reactive ketones (excluding diaryl/α,β-unsaturated/α-hetero) is 1. The van der Waals surface area contributed by atoms with Gasteiger partial charge < -0.3 is 14.2 Å². The Morgan fingerprint density at radius 1 is 0.815 bits per heavy atom. The summed E-state index contributed by atoms with van der Waals surface area (Å²) in [6, 6.07) is 6.96. The summed E-state index contributed by atoms with van der Waals surface area (Å²) < 4.78 is 15.4. The van der Waals surface area contributed by atoms with Crippen molar-refractivity contribution in [1.82, 2.24) is 0 Å². The molecule has 6 heteroatoms. The van der Waals surface area contributed by atoms with Crippen LogP contribution in [-0.4, -0.2) is 37.5 Å². The third-order valence-corrected chi connectivity index (χ3v) is 4.71. The molecule has 0 bridgehead atoms. The zero-order chi connectivity index (χ0) is 20.2. The van der Waals surface area contributed by atoms with E-state index < -0.39 is 29.7 Å². The molecular weight excluding hydrogens is 348 g/mol. The van der Waals surface area contributed by atoms with E-state index >= 15 is 0 Å². The van der Waals surface area contributed by atoms with Crippen LogP contribution < -0.4 is 4.74 Å². The van der Waals surface area contributed by atoms with Gasteiger partial charge in [-0.1, -0.05) is 0 Å². The lowest BCUT2D eigenvalue weighted by atomic mass is 9.72. The Hall–Kier alpha value is -2.37. The third kappa shape index (κ3) is 5.55. The number of hydrogen-bond acceptors (Lipinski definition) is 6. The molecule has 27 heavy (non-hydrogen) atoms. The highest BCUT2D eigenvalue weighted by molar-refractivity contribution is 5.98. The molecule has 0 radical (unpaired) electrons. The smallest absolute Gasteiger partial charge is 0.308 e. The Kier molecular flexibility index (Phi) is 6.63. The van der Waals surface area contributed by atoms with Crippen LogP contribution in [0.25, 0.3) is 0 Å². The average molecular weight is 376 g/mol. The molecule has 0 amide bonds. The predicted octanol–water partition coefficient (Wildman–Crippen LogP) is 3.43. The van der Waals surface area contributed by atoms with E-state index in [2.05, 4.69) is 0 Å². The molecule has 3 atom stereocenters. The van der Waals surface area contributed by atoms with Crippen molar-refractivity contribution in [2.45, 2.75) is 45.6 Å². The van der Waals surface area contributed by atoms with Crippen molar-refractivity contribution in [3.8, 4) is 5.75 Å². The third-order valence-electron chi connectivity index (χ3n) is 4.71. The van der Waals surface area contributed by atoms with Gasteiger partial charge in [0.2, 0.25) is 0 Å². The maximum absolute atomic E-state index is 13.0. The fourth-order valence-corrected chi connectivity index (χ4v) is 3.53. The highest BCUT2D eigenvalue weighted by Crippen LogP contribution is 2.36. The van der Waals surface area contributed by atoms with Crippen molar-refractivity contribution in [3.63, 3.8) is 0 Å². The lowest BCUT2D eigenvalue weighted by Gasteiger charge is -2.31. The van der Waals surface area contributed by atoms with Crippen LogP contribution in [0.4, 0.5) is 0 Å². The number of ketones is 1. The maximum atomic E-state index is 13.0. The first-order chi connectivity index (χ1) is 12.6. The molecule has 0 saturated heterocycles. The molecule has 2 rings (SSSR count). The van der Waals surface area contributed by atoms with Crippen LogP contribution in [0.15, 0.2) is 24.3 Å². The second-order valence-corrected chi connectivity index (χ2v) is 7.95. The van der Waals surface area contributed by atoms with Gasteiger partial charge in [-0.2, -0.15) is 0 Å². The van der Waals surface area contributed by atoms with Crippen molar-refractivity contribution in [2.75, 3.05) is 14.2 Å². The van der Waals surface area contributed by atoms with Crippen molar-refractivity contribution >= 4 is 17.7 Å². The number of carbonyl (C=O) groups is 3. The van der Waals surface area contributed by atoms with Gasteiger partial charge in [0.15, 0.2) is 5.78 Å². The van der Waals surface area contributed by atoms with E-state index in [1.807, 2.05) is 20.8 Å². The van der Waals surface area contributed by atoms with E-state index in [4.69, 9.17) is 14.2 Å². The molecule has 1 aliphatic carbocycles. The molecule has 6 nitrogen and oxygen atoms in total. The Morgan fingerprint density at radius 3 is 1.67 bits per heavy atom. The van der Waals surface area contributed by atoms with E-state index in [1.165, 1.54) is 14.2 Å². The first-order valence-electron chi connectivity index (χ1n) is 9.13. The van der Waals surface area contributed by atoms with Gasteiger partial charge in [0, 0.05) is 11.5 Å². The highest BCUT2D eigenvalue weighted by Gasteiger charge is 2.40. The van der Waals surface area contributed by atoms with E-state index in [-0.39, 0.29) is 11.4 Å². The van der Waals surface area contributed by atoms with Crippen LogP contribution in [0.3, 0.4) is 0 Å². The maximum Gasteiger partial charge on any atom is 0.308 e. The molecule has 1 unspecified atom stereocenters. The van der Waals surface area contributed by atoms with Gasteiger partial charge >= 0.3 is 11.9 Å². The monoisotopic (exact) mass is 376 g/mol. The zero-order valence-electron chi connectivity index (χ0n) is 16.6. The summed E-state index contributed by atoms with van der Waals surface area (Å²) in [5, 5.41) is 0. The van der Waals surface area contributed by atoms with Crippen LogP contribution in [-0.2, 0) is 19.1 Å². The number of benzene rings is 1. The molecule has 0 aromatic heterocycles. The molecule has 1 aromatic carbocycles. The topological polar surface area (TPSA) is 78.9 Å². The molecule has 1 aliphatic rings. The van der Waals surface area contributed by atoms with Gasteiger partial charge in [0.1, 0.15) is 11.4 Å². The van der Waals surface area contributed by atoms with Crippen LogP contribution in [0.5, 0.6) is 5.75 Å². The van der Waals surface area contributed by atoms with E-state index in [1.54, 1.807) is 24.3 Å². The minimum atomic E-state index is -0.481. The number of rotatable bonds is 5. The first kappa shape index (κ1) is 20.9. The minimum absolute atomic E-state index is 0.0835. The summed E-state index contributed by atoms with van der Waals surface area (Å²) in [5.74, 6) is -1.58. The summed E-state index contributed by atoms with van der Waals surface area (Å²) in [7, 11) is 2.63. The van der Waals surface area contributed by atoms with Crippen LogP contribution in [0, 0.1) is 17.8 Å². The fraction of sp³-hybridized carbons (Fsp3) is 0.571. The number of esters is 2. The van der Waals surface area contributed by atoms with E-state index in [9.17, 15) is 14.4 Å². The SMILES string of the molecule is COC(=O)[C@@H]1CC(C(=O)c2ccc(OC(C)(C)C)cc2)C[C@H](C(=O)OC)C1. The van der Waals surface area contributed by atoms with E-state index in [0.29, 0.717) is 30.6 Å². The number of ether oxygens (including phenoxy) is 3. The second-order valence-electron chi connectivity index (χ2n) is 7.95. The van der Waals surface area contributed by atoms with Crippen molar-refractivity contribution < 1.29 is 28.6 Å². The van der Waals surface area contributed by atoms with Crippen LogP contribution >= 0.6 is 0 Å². The molecule has 0 spiro atoms. The lowest BCUT2D eigenvalue weighted by Crippen LogP contribution is -2.36. The largest absolute Gasteiger partial charge is 0.488 e. The second kappa shape index (κ2) is 8.55. The van der Waals surface area contributed by atoms with Crippen LogP contribution in [0.2, 0.25) is 0 Å². The summed E-state index contributed by atoms with van der Waals surface area (Å²) in [6.07, 6.45) is 1.10. The Bertz CT molecular complexity index is 662. The number of hydrogen-bond donors (Lipinski definition) is 0. The molecule has 1 fully saturated rings. The summed E-state index contributed by atoms with van der Waals surface area (Å²) in [4.78, 5) is 37.0. The van der Waals surface area contributed by atoms with Gasteiger partial charge in [0.05, 0.1) is 26.1 Å². The Balaban J connectivity index is 2.17. The van der Waals surface area contributed by atoms with Gasteiger partial charge in [-0.15, -0.1) is 0 Å². The first-order valence-corrected chi connectivity index (χ1v) is 9.13. The lowest BCUT2D eigenvalue weighted by molar-refractivity contribution is -0.152. The van der Waals surface area contributed by atoms with Crippen LogP contribution in [0.1, 0.15) is 50.4 Å². The van der Waals surface area contributed by atoms with Gasteiger partial charge in [-0.05, 0) is 64.3 Å². The standard InChI is InChI=1S/C21H28O6/c1-21(2,3)27-17-8-6-13(7-9-17)18(22)14-10-15(19(23)25-4)12-16(11-14)20(24)26-5/h6-9,14-16H,10-12H2,1-5H3/t14?,15-,16+. The van der Waals surface area contributed by atoms with Crippen molar-refractivity contribution in [1.29, 1.82) is 0 Å². The Morgan fingerprint density at radius 2 is 1.26 bits per heavy atom. The molecule has 1 aromatic rings. The average Bonchev–Trinajstić information content (AvgIpc) is 2.65. The molecule has 1 saturated carbocycles. The Labute approximate surface area is 160 Å². The predicted molar refractivity (Wildman–Crippen MR) is 99.5 cm³/mol. The van der Waals surface area contributed by atoms with Gasteiger partial charge in [0.25, 0.3) is 0 Å². The highest BCUT2D eigenvalue weighted by atomic mass is 16.5. The number of methoxy groups -OCH3 is 2. The molecule has 148 valence electrons.